The first-order chi connectivity index (χ1) is 11.0. The molecule has 0 aliphatic carbocycles. The van der Waals surface area contributed by atoms with Crippen LogP contribution in [0.5, 0.6) is 0 Å². The normalized spacial score (nSPS) is 15.7. The second kappa shape index (κ2) is 7.97. The second-order valence-corrected chi connectivity index (χ2v) is 5.93. The number of anilines is 1. The van der Waals surface area contributed by atoms with Crippen LogP contribution < -0.4 is 5.32 Å². The van der Waals surface area contributed by atoms with Crippen molar-refractivity contribution in [1.82, 2.24) is 4.90 Å². The summed E-state index contributed by atoms with van der Waals surface area (Å²) in [6.45, 7) is 0.585. The predicted molar refractivity (Wildman–Crippen MR) is 86.7 cm³/mol. The van der Waals surface area contributed by atoms with Gasteiger partial charge in [0.15, 0.2) is 0 Å². The summed E-state index contributed by atoms with van der Waals surface area (Å²) >= 11 is 5.87. The van der Waals surface area contributed by atoms with E-state index in [2.05, 4.69) is 5.32 Å². The van der Waals surface area contributed by atoms with Gasteiger partial charge in [-0.05, 0) is 31.0 Å². The number of hydrogen-bond donors (Lipinski definition) is 2. The van der Waals surface area contributed by atoms with E-state index in [0.29, 0.717) is 18.7 Å². The molecule has 1 fully saturated rings. The SMILES string of the molecule is O=C(CN1CCCCCCC1=O)Nc1ccc(C(=O)O)c(Cl)c1. The van der Waals surface area contributed by atoms with Crippen molar-refractivity contribution < 1.29 is 19.5 Å². The number of nitrogens with one attached hydrogen (secondary N) is 1. The number of hydrogen-bond acceptors (Lipinski definition) is 3. The fourth-order valence-electron chi connectivity index (χ4n) is 2.52. The van der Waals surface area contributed by atoms with E-state index in [9.17, 15) is 14.4 Å². The molecule has 2 amide bonds. The predicted octanol–water partition coefficient (Wildman–Crippen LogP) is 2.77. The molecule has 1 saturated heterocycles. The first-order valence-corrected chi connectivity index (χ1v) is 7.95. The summed E-state index contributed by atoms with van der Waals surface area (Å²) in [6, 6.07) is 4.20. The van der Waals surface area contributed by atoms with Gasteiger partial charge in [-0.25, -0.2) is 4.79 Å². The van der Waals surface area contributed by atoms with Crippen molar-refractivity contribution in [3.8, 4) is 0 Å². The number of halogens is 1. The van der Waals surface area contributed by atoms with Gasteiger partial charge in [-0.3, -0.25) is 9.59 Å². The average molecular weight is 339 g/mol. The average Bonchev–Trinajstić information content (AvgIpc) is 2.46. The minimum atomic E-state index is -1.13. The largest absolute Gasteiger partial charge is 0.478 e. The van der Waals surface area contributed by atoms with Gasteiger partial charge in [-0.1, -0.05) is 24.4 Å². The van der Waals surface area contributed by atoms with E-state index in [1.165, 1.54) is 18.2 Å². The number of carbonyl (C=O) groups is 3. The van der Waals surface area contributed by atoms with Gasteiger partial charge >= 0.3 is 5.97 Å². The molecule has 1 aliphatic heterocycles. The van der Waals surface area contributed by atoms with Crippen LogP contribution in [0.25, 0.3) is 0 Å². The first kappa shape index (κ1) is 17.3. The van der Waals surface area contributed by atoms with Crippen LogP contribution in [0, 0.1) is 0 Å². The van der Waals surface area contributed by atoms with Gasteiger partial charge in [0.2, 0.25) is 11.8 Å². The molecule has 6 nitrogen and oxygen atoms in total. The lowest BCUT2D eigenvalue weighted by atomic mass is 10.1. The molecule has 7 heteroatoms. The van der Waals surface area contributed by atoms with Gasteiger partial charge in [0.1, 0.15) is 0 Å². The molecule has 0 unspecified atom stereocenters. The summed E-state index contributed by atoms with van der Waals surface area (Å²) < 4.78 is 0. The third-order valence-electron chi connectivity index (χ3n) is 3.74. The van der Waals surface area contributed by atoms with Gasteiger partial charge in [0.05, 0.1) is 17.1 Å². The molecule has 1 aromatic rings. The summed E-state index contributed by atoms with van der Waals surface area (Å²) in [4.78, 5) is 36.5. The molecule has 124 valence electrons. The third kappa shape index (κ3) is 4.96. The number of aromatic carboxylic acids is 1. The summed E-state index contributed by atoms with van der Waals surface area (Å²) in [5.74, 6) is -1.45. The maximum absolute atomic E-state index is 12.1. The van der Waals surface area contributed by atoms with Crippen molar-refractivity contribution in [2.75, 3.05) is 18.4 Å². The molecule has 0 atom stereocenters. The van der Waals surface area contributed by atoms with Crippen molar-refractivity contribution >= 4 is 35.1 Å². The quantitative estimate of drug-likeness (QED) is 0.883. The van der Waals surface area contributed by atoms with E-state index in [4.69, 9.17) is 16.7 Å². The topological polar surface area (TPSA) is 86.7 Å². The Morgan fingerprint density at radius 2 is 1.96 bits per heavy atom. The molecule has 0 spiro atoms. The van der Waals surface area contributed by atoms with E-state index in [-0.39, 0.29) is 28.9 Å². The lowest BCUT2D eigenvalue weighted by Gasteiger charge is -2.24. The van der Waals surface area contributed by atoms with Gasteiger partial charge in [0.25, 0.3) is 0 Å². The van der Waals surface area contributed by atoms with Crippen molar-refractivity contribution in [2.24, 2.45) is 0 Å². The first-order valence-electron chi connectivity index (χ1n) is 7.58. The number of likely N-dealkylation sites (tertiary alicyclic amines) is 1. The lowest BCUT2D eigenvalue weighted by Crippen LogP contribution is -2.39. The molecule has 0 radical (unpaired) electrons. The van der Waals surface area contributed by atoms with E-state index in [1.54, 1.807) is 4.90 Å². The fraction of sp³-hybridized carbons (Fsp3) is 0.438. The number of rotatable bonds is 4. The molecule has 0 aromatic heterocycles. The van der Waals surface area contributed by atoms with Crippen molar-refractivity contribution in [1.29, 1.82) is 0 Å². The van der Waals surface area contributed by atoms with E-state index in [0.717, 1.165) is 25.7 Å². The highest BCUT2D eigenvalue weighted by molar-refractivity contribution is 6.33. The Kier molecular flexibility index (Phi) is 5.98. The molecule has 0 saturated carbocycles. The minimum Gasteiger partial charge on any atom is -0.478 e. The highest BCUT2D eigenvalue weighted by Crippen LogP contribution is 2.21. The Labute approximate surface area is 139 Å². The smallest absolute Gasteiger partial charge is 0.337 e. The molecule has 1 heterocycles. The van der Waals surface area contributed by atoms with E-state index in [1.807, 2.05) is 0 Å². The number of carboxylic acids is 1. The van der Waals surface area contributed by atoms with Gasteiger partial charge in [0, 0.05) is 18.7 Å². The zero-order valence-corrected chi connectivity index (χ0v) is 13.4. The van der Waals surface area contributed by atoms with Crippen molar-refractivity contribution in [3.05, 3.63) is 28.8 Å². The van der Waals surface area contributed by atoms with Crippen molar-refractivity contribution in [2.45, 2.75) is 32.1 Å². The molecule has 23 heavy (non-hydrogen) atoms. The maximum Gasteiger partial charge on any atom is 0.337 e. The summed E-state index contributed by atoms with van der Waals surface area (Å²) in [7, 11) is 0. The highest BCUT2D eigenvalue weighted by Gasteiger charge is 2.18. The maximum atomic E-state index is 12.1. The summed E-state index contributed by atoms with van der Waals surface area (Å²) in [5.41, 5.74) is 0.383. The number of benzene rings is 1. The third-order valence-corrected chi connectivity index (χ3v) is 4.05. The lowest BCUT2D eigenvalue weighted by molar-refractivity contribution is -0.135. The Morgan fingerprint density at radius 3 is 2.65 bits per heavy atom. The number of carbonyl (C=O) groups excluding carboxylic acids is 2. The van der Waals surface area contributed by atoms with Gasteiger partial charge < -0.3 is 15.3 Å². The molecule has 1 aliphatic rings. The van der Waals surface area contributed by atoms with Crippen molar-refractivity contribution in [3.63, 3.8) is 0 Å². The number of nitrogens with zero attached hydrogens (tertiary/aromatic N) is 1. The standard InChI is InChI=1S/C16H19ClN2O4/c17-13-9-11(6-7-12(13)16(22)23)18-14(20)10-19-8-4-2-1-3-5-15(19)21/h6-7,9H,1-5,8,10H2,(H,18,20)(H,22,23). The molecule has 2 N–H and O–H groups in total. The van der Waals surface area contributed by atoms with Crippen LogP contribution in [0.2, 0.25) is 5.02 Å². The molecule has 1 aromatic carbocycles. The second-order valence-electron chi connectivity index (χ2n) is 5.53. The molecular weight excluding hydrogens is 320 g/mol. The van der Waals surface area contributed by atoms with Crippen LogP contribution in [0.3, 0.4) is 0 Å². The van der Waals surface area contributed by atoms with Gasteiger partial charge in [-0.2, -0.15) is 0 Å². The van der Waals surface area contributed by atoms with Crippen LogP contribution in [-0.4, -0.2) is 40.9 Å². The van der Waals surface area contributed by atoms with Crippen LogP contribution in [0.4, 0.5) is 5.69 Å². The Bertz CT molecular complexity index is 618. The summed E-state index contributed by atoms with van der Waals surface area (Å²) in [5, 5.41) is 11.6. The number of amides is 2. The Morgan fingerprint density at radius 1 is 1.22 bits per heavy atom. The minimum absolute atomic E-state index is 0.000826. The highest BCUT2D eigenvalue weighted by atomic mass is 35.5. The summed E-state index contributed by atoms with van der Waals surface area (Å²) in [6.07, 6.45) is 4.37. The zero-order chi connectivity index (χ0) is 16.8. The molecule has 2 rings (SSSR count). The zero-order valence-electron chi connectivity index (χ0n) is 12.7. The monoisotopic (exact) mass is 338 g/mol. The van der Waals surface area contributed by atoms with E-state index >= 15 is 0 Å². The van der Waals surface area contributed by atoms with Crippen LogP contribution >= 0.6 is 11.6 Å². The number of carboxylic acid groups (broad SMARTS) is 1. The van der Waals surface area contributed by atoms with Gasteiger partial charge in [-0.15, -0.1) is 0 Å². The molecular formula is C16H19ClN2O4. The molecule has 0 bridgehead atoms. The Hall–Kier alpha value is -2.08. The van der Waals surface area contributed by atoms with E-state index < -0.39 is 5.97 Å². The fourth-order valence-corrected chi connectivity index (χ4v) is 2.78. The van der Waals surface area contributed by atoms with Crippen LogP contribution in [0.1, 0.15) is 42.5 Å². The van der Waals surface area contributed by atoms with Crippen LogP contribution in [0.15, 0.2) is 18.2 Å². The van der Waals surface area contributed by atoms with Crippen LogP contribution in [-0.2, 0) is 9.59 Å². The Balaban J connectivity index is 1.97.